The van der Waals surface area contributed by atoms with Gasteiger partial charge in [0, 0.05) is 30.1 Å². The van der Waals surface area contributed by atoms with Crippen LogP contribution in [0.15, 0.2) is 72.9 Å². The first-order valence-electron chi connectivity index (χ1n) is 9.92. The smallest absolute Gasteiger partial charge is 0.189 e. The standard InChI is InChI=1S/C25H24N4O/c1-18-24(19(2)28(3)26-18)23(30)15-14-22-17-29(16-20-10-6-4-7-11-20)27-25(22)21-12-8-5-9-13-21/h4-15,17H,16H2,1-3H3/b15-14+. The van der Waals surface area contributed by atoms with E-state index < -0.39 is 0 Å². The molecule has 0 N–H and O–H groups in total. The highest BCUT2D eigenvalue weighted by atomic mass is 16.1. The third-order valence-corrected chi connectivity index (χ3v) is 5.19. The van der Waals surface area contributed by atoms with Crippen molar-refractivity contribution in [1.29, 1.82) is 0 Å². The number of aryl methyl sites for hydroxylation is 2. The van der Waals surface area contributed by atoms with Gasteiger partial charge in [-0.25, -0.2) is 0 Å². The molecule has 0 saturated heterocycles. The minimum atomic E-state index is -0.0482. The fraction of sp³-hybridized carbons (Fsp3) is 0.160. The van der Waals surface area contributed by atoms with E-state index in [1.54, 1.807) is 10.8 Å². The molecule has 4 aromatic rings. The van der Waals surface area contributed by atoms with Gasteiger partial charge < -0.3 is 0 Å². The highest BCUT2D eigenvalue weighted by Gasteiger charge is 2.16. The Labute approximate surface area is 176 Å². The Kier molecular flexibility index (Phi) is 5.44. The van der Waals surface area contributed by atoms with Crippen molar-refractivity contribution in [3.8, 4) is 11.3 Å². The van der Waals surface area contributed by atoms with E-state index in [-0.39, 0.29) is 5.78 Å². The normalized spacial score (nSPS) is 11.3. The first-order valence-corrected chi connectivity index (χ1v) is 9.92. The molecule has 150 valence electrons. The van der Waals surface area contributed by atoms with E-state index in [4.69, 9.17) is 5.10 Å². The molecular formula is C25H24N4O. The lowest BCUT2D eigenvalue weighted by Gasteiger charge is -2.01. The van der Waals surface area contributed by atoms with Crippen molar-refractivity contribution in [2.24, 2.45) is 7.05 Å². The summed E-state index contributed by atoms with van der Waals surface area (Å²) in [6, 6.07) is 20.2. The van der Waals surface area contributed by atoms with Crippen molar-refractivity contribution < 1.29 is 4.79 Å². The van der Waals surface area contributed by atoms with Crippen molar-refractivity contribution in [2.75, 3.05) is 0 Å². The van der Waals surface area contributed by atoms with Crippen LogP contribution in [0.4, 0.5) is 0 Å². The number of carbonyl (C=O) groups is 1. The molecule has 0 radical (unpaired) electrons. The average molecular weight is 396 g/mol. The Morgan fingerprint density at radius 2 is 1.63 bits per heavy atom. The van der Waals surface area contributed by atoms with Crippen LogP contribution < -0.4 is 0 Å². The van der Waals surface area contributed by atoms with E-state index in [0.29, 0.717) is 12.1 Å². The number of aromatic nitrogens is 4. The third kappa shape index (κ3) is 4.01. The monoisotopic (exact) mass is 396 g/mol. The SMILES string of the molecule is Cc1nn(C)c(C)c1C(=O)/C=C/c1cn(Cc2ccccc2)nc1-c1ccccc1. The van der Waals surface area contributed by atoms with E-state index in [1.165, 1.54) is 5.56 Å². The van der Waals surface area contributed by atoms with Crippen LogP contribution in [-0.2, 0) is 13.6 Å². The highest BCUT2D eigenvalue weighted by molar-refractivity contribution is 6.08. The van der Waals surface area contributed by atoms with Gasteiger partial charge in [0.05, 0.1) is 23.5 Å². The number of allylic oxidation sites excluding steroid dienone is 1. The van der Waals surface area contributed by atoms with Gasteiger partial charge in [0.25, 0.3) is 0 Å². The van der Waals surface area contributed by atoms with Crippen molar-refractivity contribution in [3.05, 3.63) is 101 Å². The molecule has 0 saturated carbocycles. The van der Waals surface area contributed by atoms with Crippen LogP contribution in [0.25, 0.3) is 17.3 Å². The maximum atomic E-state index is 12.9. The molecule has 0 fully saturated rings. The van der Waals surface area contributed by atoms with Gasteiger partial charge >= 0.3 is 0 Å². The van der Waals surface area contributed by atoms with Gasteiger partial charge in [-0.05, 0) is 31.6 Å². The second-order valence-electron chi connectivity index (χ2n) is 7.35. The molecule has 5 nitrogen and oxygen atoms in total. The Hall–Kier alpha value is -3.73. The zero-order valence-electron chi connectivity index (χ0n) is 17.4. The minimum absolute atomic E-state index is 0.0482. The number of nitrogens with zero attached hydrogens (tertiary/aromatic N) is 4. The van der Waals surface area contributed by atoms with Gasteiger partial charge in [0.15, 0.2) is 5.78 Å². The first kappa shape index (κ1) is 19.6. The molecule has 0 bridgehead atoms. The lowest BCUT2D eigenvalue weighted by atomic mass is 10.1. The van der Waals surface area contributed by atoms with Crippen molar-refractivity contribution in [1.82, 2.24) is 19.6 Å². The van der Waals surface area contributed by atoms with Crippen molar-refractivity contribution in [2.45, 2.75) is 20.4 Å². The third-order valence-electron chi connectivity index (χ3n) is 5.19. The van der Waals surface area contributed by atoms with E-state index in [0.717, 1.165) is 28.2 Å². The summed E-state index contributed by atoms with van der Waals surface area (Å²) in [5.41, 5.74) is 6.22. The maximum absolute atomic E-state index is 12.9. The highest BCUT2D eigenvalue weighted by Crippen LogP contribution is 2.24. The summed E-state index contributed by atoms with van der Waals surface area (Å²) >= 11 is 0. The molecule has 2 aromatic heterocycles. The molecule has 4 rings (SSSR count). The Morgan fingerprint density at radius 1 is 0.967 bits per heavy atom. The molecular weight excluding hydrogens is 372 g/mol. The quantitative estimate of drug-likeness (QED) is 0.346. The molecule has 2 heterocycles. The molecule has 0 spiro atoms. The predicted molar refractivity (Wildman–Crippen MR) is 119 cm³/mol. The molecule has 30 heavy (non-hydrogen) atoms. The van der Waals surface area contributed by atoms with Gasteiger partial charge in [-0.3, -0.25) is 14.2 Å². The summed E-state index contributed by atoms with van der Waals surface area (Å²) in [7, 11) is 1.85. The van der Waals surface area contributed by atoms with Crippen molar-refractivity contribution >= 4 is 11.9 Å². The molecule has 0 aliphatic carbocycles. The molecule has 0 atom stereocenters. The number of ketones is 1. The van der Waals surface area contributed by atoms with Gasteiger partial charge in [-0.1, -0.05) is 60.7 Å². The van der Waals surface area contributed by atoms with Crippen LogP contribution in [-0.4, -0.2) is 25.3 Å². The molecule has 0 aliphatic heterocycles. The van der Waals surface area contributed by atoms with Crippen LogP contribution in [0.2, 0.25) is 0 Å². The lowest BCUT2D eigenvalue weighted by molar-refractivity contribution is 0.104. The Bertz CT molecular complexity index is 1200. The zero-order chi connectivity index (χ0) is 21.1. The molecule has 0 aliphatic rings. The predicted octanol–water partition coefficient (Wildman–Crippen LogP) is 4.84. The van der Waals surface area contributed by atoms with E-state index >= 15 is 0 Å². The van der Waals surface area contributed by atoms with E-state index in [1.807, 2.05) is 86.4 Å². The molecule has 2 aromatic carbocycles. The molecule has 0 amide bonds. The van der Waals surface area contributed by atoms with Crippen LogP contribution in [0, 0.1) is 13.8 Å². The number of carbonyl (C=O) groups excluding carboxylic acids is 1. The number of rotatable bonds is 6. The Balaban J connectivity index is 1.69. The van der Waals surface area contributed by atoms with Gasteiger partial charge in [0.2, 0.25) is 0 Å². The number of hydrogen-bond acceptors (Lipinski definition) is 3. The second kappa shape index (κ2) is 8.33. The van der Waals surface area contributed by atoms with Gasteiger partial charge in [0.1, 0.15) is 0 Å². The summed E-state index contributed by atoms with van der Waals surface area (Å²) < 4.78 is 3.66. The largest absolute Gasteiger partial charge is 0.289 e. The number of benzene rings is 2. The number of hydrogen-bond donors (Lipinski definition) is 0. The summed E-state index contributed by atoms with van der Waals surface area (Å²) in [5, 5.41) is 9.15. The average Bonchev–Trinajstić information content (AvgIpc) is 3.27. The van der Waals surface area contributed by atoms with E-state index in [9.17, 15) is 4.79 Å². The summed E-state index contributed by atoms with van der Waals surface area (Å²) in [5.74, 6) is -0.0482. The second-order valence-corrected chi connectivity index (χ2v) is 7.35. The van der Waals surface area contributed by atoms with Crippen LogP contribution in [0.1, 0.15) is 32.9 Å². The minimum Gasteiger partial charge on any atom is -0.289 e. The summed E-state index contributed by atoms with van der Waals surface area (Å²) in [6.07, 6.45) is 5.46. The Morgan fingerprint density at radius 3 is 2.27 bits per heavy atom. The molecule has 5 heteroatoms. The molecule has 0 unspecified atom stereocenters. The summed E-state index contributed by atoms with van der Waals surface area (Å²) in [4.78, 5) is 12.9. The fourth-order valence-corrected chi connectivity index (χ4v) is 3.61. The van der Waals surface area contributed by atoms with Crippen LogP contribution in [0.3, 0.4) is 0 Å². The first-order chi connectivity index (χ1) is 14.5. The van der Waals surface area contributed by atoms with Gasteiger partial charge in [-0.2, -0.15) is 10.2 Å². The van der Waals surface area contributed by atoms with Crippen molar-refractivity contribution in [3.63, 3.8) is 0 Å². The maximum Gasteiger partial charge on any atom is 0.189 e. The van der Waals surface area contributed by atoms with Crippen LogP contribution in [0.5, 0.6) is 0 Å². The zero-order valence-corrected chi connectivity index (χ0v) is 17.4. The lowest BCUT2D eigenvalue weighted by Crippen LogP contribution is -2.00. The van der Waals surface area contributed by atoms with Gasteiger partial charge in [-0.15, -0.1) is 0 Å². The fourth-order valence-electron chi connectivity index (χ4n) is 3.61. The summed E-state index contributed by atoms with van der Waals surface area (Å²) in [6.45, 7) is 4.44. The van der Waals surface area contributed by atoms with E-state index in [2.05, 4.69) is 17.2 Å². The topological polar surface area (TPSA) is 52.7 Å². The van der Waals surface area contributed by atoms with Crippen LogP contribution >= 0.6 is 0 Å².